The first-order valence-electron chi connectivity index (χ1n) is 7.51. The fourth-order valence-corrected chi connectivity index (χ4v) is 3.70. The van der Waals surface area contributed by atoms with Gasteiger partial charge in [0, 0.05) is 5.92 Å². The second kappa shape index (κ2) is 6.39. The SMILES string of the molecule is N#Cc1ccc(S(=O)(=O)NC(=O)C2CC2c2cccc(C#N)c2)cc1. The quantitative estimate of drug-likeness (QED) is 0.906. The molecule has 0 spiro atoms. The Morgan fingerprint density at radius 2 is 1.72 bits per heavy atom. The summed E-state index contributed by atoms with van der Waals surface area (Å²) in [6, 6.07) is 16.2. The van der Waals surface area contributed by atoms with Crippen molar-refractivity contribution in [1.82, 2.24) is 4.72 Å². The van der Waals surface area contributed by atoms with Crippen LogP contribution in [-0.2, 0) is 14.8 Å². The first-order chi connectivity index (χ1) is 11.9. The van der Waals surface area contributed by atoms with Crippen LogP contribution in [0.15, 0.2) is 53.4 Å². The number of nitriles is 2. The zero-order chi connectivity index (χ0) is 18.0. The molecule has 1 aliphatic carbocycles. The number of benzene rings is 2. The van der Waals surface area contributed by atoms with Crippen molar-refractivity contribution in [3.8, 4) is 12.1 Å². The molecule has 2 aromatic carbocycles. The third kappa shape index (κ3) is 3.52. The minimum Gasteiger partial charge on any atom is -0.274 e. The van der Waals surface area contributed by atoms with Crippen LogP contribution >= 0.6 is 0 Å². The van der Waals surface area contributed by atoms with E-state index in [9.17, 15) is 13.2 Å². The van der Waals surface area contributed by atoms with Crippen molar-refractivity contribution in [3.63, 3.8) is 0 Å². The Morgan fingerprint density at radius 3 is 2.36 bits per heavy atom. The number of hydrogen-bond acceptors (Lipinski definition) is 5. The Labute approximate surface area is 145 Å². The average Bonchev–Trinajstić information content (AvgIpc) is 3.42. The van der Waals surface area contributed by atoms with Crippen LogP contribution in [0, 0.1) is 28.6 Å². The van der Waals surface area contributed by atoms with Gasteiger partial charge in [-0.2, -0.15) is 10.5 Å². The van der Waals surface area contributed by atoms with Gasteiger partial charge < -0.3 is 0 Å². The molecule has 25 heavy (non-hydrogen) atoms. The summed E-state index contributed by atoms with van der Waals surface area (Å²) in [5.41, 5.74) is 1.70. The van der Waals surface area contributed by atoms with E-state index in [-0.39, 0.29) is 10.8 Å². The molecule has 0 radical (unpaired) electrons. The number of amides is 1. The lowest BCUT2D eigenvalue weighted by molar-refractivity contribution is -0.120. The number of carbonyl (C=O) groups excluding carboxylic acids is 1. The molecule has 124 valence electrons. The Morgan fingerprint density at radius 1 is 1.04 bits per heavy atom. The van der Waals surface area contributed by atoms with Crippen molar-refractivity contribution in [2.24, 2.45) is 5.92 Å². The molecule has 0 saturated heterocycles. The molecule has 1 N–H and O–H groups in total. The molecule has 2 atom stereocenters. The predicted molar refractivity (Wildman–Crippen MR) is 88.5 cm³/mol. The van der Waals surface area contributed by atoms with Gasteiger partial charge in [0.25, 0.3) is 10.0 Å². The highest BCUT2D eigenvalue weighted by Gasteiger charge is 2.45. The molecule has 0 aliphatic heterocycles. The summed E-state index contributed by atoms with van der Waals surface area (Å²) in [5, 5.41) is 17.7. The number of nitrogens with one attached hydrogen (secondary N) is 1. The maximum atomic E-state index is 12.3. The molecule has 6 nitrogen and oxygen atoms in total. The number of rotatable bonds is 4. The van der Waals surface area contributed by atoms with Crippen molar-refractivity contribution < 1.29 is 13.2 Å². The van der Waals surface area contributed by atoms with E-state index in [1.807, 2.05) is 18.2 Å². The van der Waals surface area contributed by atoms with Crippen molar-refractivity contribution in [2.75, 3.05) is 0 Å². The number of carbonyl (C=O) groups is 1. The predicted octanol–water partition coefficient (Wildman–Crippen LogP) is 2.04. The molecule has 2 unspecified atom stereocenters. The minimum atomic E-state index is -3.97. The molecule has 3 rings (SSSR count). The molecular formula is C18H13N3O3S. The smallest absolute Gasteiger partial charge is 0.264 e. The normalized spacial score (nSPS) is 18.6. The van der Waals surface area contributed by atoms with Crippen molar-refractivity contribution >= 4 is 15.9 Å². The standard InChI is InChI=1S/C18H13N3O3S/c19-10-12-4-6-15(7-5-12)25(23,24)21-18(22)17-9-16(17)14-3-1-2-13(8-14)11-20/h1-8,16-17H,9H2,(H,21,22). The molecule has 0 heterocycles. The van der Waals surface area contributed by atoms with Crippen LogP contribution in [0.25, 0.3) is 0 Å². The van der Waals surface area contributed by atoms with E-state index in [0.717, 1.165) is 5.56 Å². The van der Waals surface area contributed by atoms with Gasteiger partial charge >= 0.3 is 0 Å². The summed E-state index contributed by atoms with van der Waals surface area (Å²) in [4.78, 5) is 12.2. The number of hydrogen-bond donors (Lipinski definition) is 1. The molecule has 0 bridgehead atoms. The van der Waals surface area contributed by atoms with Crippen LogP contribution < -0.4 is 4.72 Å². The van der Waals surface area contributed by atoms with Gasteiger partial charge in [-0.15, -0.1) is 0 Å². The van der Waals surface area contributed by atoms with Gasteiger partial charge in [-0.05, 0) is 54.3 Å². The van der Waals surface area contributed by atoms with E-state index in [1.165, 1.54) is 24.3 Å². The third-order valence-electron chi connectivity index (χ3n) is 4.10. The van der Waals surface area contributed by atoms with E-state index in [2.05, 4.69) is 4.72 Å². The highest BCUT2D eigenvalue weighted by atomic mass is 32.2. The van der Waals surface area contributed by atoms with E-state index < -0.39 is 21.8 Å². The minimum absolute atomic E-state index is 0.0662. The lowest BCUT2D eigenvalue weighted by atomic mass is 10.1. The highest BCUT2D eigenvalue weighted by molar-refractivity contribution is 7.90. The summed E-state index contributed by atoms with van der Waals surface area (Å²) in [6.45, 7) is 0. The molecular weight excluding hydrogens is 338 g/mol. The summed E-state index contributed by atoms with van der Waals surface area (Å²) >= 11 is 0. The fraction of sp³-hybridized carbons (Fsp3) is 0.167. The molecule has 7 heteroatoms. The Kier molecular flexibility index (Phi) is 4.26. The van der Waals surface area contributed by atoms with Crippen LogP contribution in [0.1, 0.15) is 29.0 Å². The van der Waals surface area contributed by atoms with Crippen LogP contribution in [0.2, 0.25) is 0 Å². The first kappa shape index (κ1) is 16.7. The maximum Gasteiger partial charge on any atom is 0.264 e. The van der Waals surface area contributed by atoms with E-state index in [1.54, 1.807) is 18.2 Å². The molecule has 1 amide bonds. The Hall–Kier alpha value is -3.16. The molecule has 0 aromatic heterocycles. The first-order valence-corrected chi connectivity index (χ1v) is 9.00. The van der Waals surface area contributed by atoms with E-state index in [4.69, 9.17) is 10.5 Å². The van der Waals surface area contributed by atoms with Crippen LogP contribution in [0.4, 0.5) is 0 Å². The van der Waals surface area contributed by atoms with Gasteiger partial charge in [-0.3, -0.25) is 4.79 Å². The van der Waals surface area contributed by atoms with Gasteiger partial charge in [0.15, 0.2) is 0 Å². The number of nitrogens with zero attached hydrogens (tertiary/aromatic N) is 2. The second-order valence-electron chi connectivity index (χ2n) is 5.79. The molecule has 1 saturated carbocycles. The molecule has 1 fully saturated rings. The summed E-state index contributed by atoms with van der Waals surface area (Å²) < 4.78 is 26.6. The molecule has 1 aliphatic rings. The van der Waals surface area contributed by atoms with Crippen LogP contribution in [0.3, 0.4) is 0 Å². The Bertz CT molecular complexity index is 1010. The zero-order valence-corrected chi connectivity index (χ0v) is 13.8. The van der Waals surface area contributed by atoms with Gasteiger partial charge in [0.1, 0.15) is 0 Å². The average molecular weight is 351 g/mol. The van der Waals surface area contributed by atoms with Gasteiger partial charge in [0.05, 0.1) is 28.2 Å². The van der Waals surface area contributed by atoms with Crippen molar-refractivity contribution in [1.29, 1.82) is 10.5 Å². The van der Waals surface area contributed by atoms with E-state index in [0.29, 0.717) is 17.5 Å². The van der Waals surface area contributed by atoms with E-state index >= 15 is 0 Å². The topological polar surface area (TPSA) is 111 Å². The van der Waals surface area contributed by atoms with Crippen LogP contribution in [0.5, 0.6) is 0 Å². The number of sulfonamides is 1. The Balaban J connectivity index is 1.70. The summed E-state index contributed by atoms with van der Waals surface area (Å²) in [5.74, 6) is -1.07. The lowest BCUT2D eigenvalue weighted by Gasteiger charge is -2.07. The van der Waals surface area contributed by atoms with Crippen molar-refractivity contribution in [2.45, 2.75) is 17.2 Å². The molecule has 2 aromatic rings. The van der Waals surface area contributed by atoms with Gasteiger partial charge in [-0.1, -0.05) is 12.1 Å². The fourth-order valence-electron chi connectivity index (χ4n) is 2.67. The monoisotopic (exact) mass is 351 g/mol. The summed E-state index contributed by atoms with van der Waals surface area (Å²) in [7, 11) is -3.97. The largest absolute Gasteiger partial charge is 0.274 e. The summed E-state index contributed by atoms with van der Waals surface area (Å²) in [6.07, 6.45) is 0.545. The zero-order valence-electron chi connectivity index (χ0n) is 13.0. The maximum absolute atomic E-state index is 12.3. The van der Waals surface area contributed by atoms with Crippen molar-refractivity contribution in [3.05, 3.63) is 65.2 Å². The van der Waals surface area contributed by atoms with Crippen LogP contribution in [-0.4, -0.2) is 14.3 Å². The van der Waals surface area contributed by atoms with Gasteiger partial charge in [-0.25, -0.2) is 13.1 Å². The van der Waals surface area contributed by atoms with Gasteiger partial charge in [0.2, 0.25) is 5.91 Å². The lowest BCUT2D eigenvalue weighted by Crippen LogP contribution is -2.32. The highest BCUT2D eigenvalue weighted by Crippen LogP contribution is 2.47. The third-order valence-corrected chi connectivity index (χ3v) is 5.46. The second-order valence-corrected chi connectivity index (χ2v) is 7.47.